The Morgan fingerprint density at radius 3 is 3.00 bits per heavy atom. The molecule has 1 amide bonds. The molecule has 2 heterocycles. The second-order valence-electron chi connectivity index (χ2n) is 4.34. The number of cyclic esters (lactones) is 1. The van der Waals surface area contributed by atoms with Crippen molar-refractivity contribution in [1.29, 1.82) is 0 Å². The molecule has 3 unspecified atom stereocenters. The van der Waals surface area contributed by atoms with Crippen LogP contribution >= 0.6 is 0 Å². The van der Waals surface area contributed by atoms with Gasteiger partial charge in [0.2, 0.25) is 0 Å². The minimum absolute atomic E-state index is 0.146. The van der Waals surface area contributed by atoms with Crippen LogP contribution in [-0.4, -0.2) is 41.3 Å². The average Bonchev–Trinajstić information content (AvgIpc) is 2.16. The van der Waals surface area contributed by atoms with E-state index in [2.05, 4.69) is 0 Å². The number of likely N-dealkylation sites (tertiary alicyclic amines) is 1. The zero-order valence-electron chi connectivity index (χ0n) is 8.68. The third-order valence-corrected chi connectivity index (χ3v) is 3.43. The minimum Gasteiger partial charge on any atom is -0.465 e. The van der Waals surface area contributed by atoms with Crippen molar-refractivity contribution >= 4 is 12.1 Å². The normalized spacial score (nSPS) is 35.7. The lowest BCUT2D eigenvalue weighted by molar-refractivity contribution is -0.164. The first-order chi connectivity index (χ1) is 7.08. The summed E-state index contributed by atoms with van der Waals surface area (Å²) in [5.74, 6) is 0.330. The number of rotatable bonds is 0. The molecule has 1 N–H and O–H groups in total. The molecule has 0 saturated carbocycles. The molecule has 2 saturated heterocycles. The van der Waals surface area contributed by atoms with Crippen LogP contribution in [0.15, 0.2) is 0 Å². The summed E-state index contributed by atoms with van der Waals surface area (Å²) in [6.07, 6.45) is 0.190. The molecule has 0 aromatic heterocycles. The largest absolute Gasteiger partial charge is 0.465 e. The van der Waals surface area contributed by atoms with Crippen LogP contribution in [0.2, 0.25) is 0 Å². The van der Waals surface area contributed by atoms with Gasteiger partial charge in [0.1, 0.15) is 6.10 Å². The first-order valence-electron chi connectivity index (χ1n) is 5.25. The number of hydrogen-bond acceptors (Lipinski definition) is 3. The summed E-state index contributed by atoms with van der Waals surface area (Å²) in [6, 6.07) is 0. The average molecular weight is 213 g/mol. The number of carbonyl (C=O) groups is 2. The summed E-state index contributed by atoms with van der Waals surface area (Å²) in [6.45, 7) is 2.88. The predicted octanol–water partition coefficient (Wildman–Crippen LogP) is 0.938. The van der Waals surface area contributed by atoms with Gasteiger partial charge in [0, 0.05) is 25.4 Å². The summed E-state index contributed by atoms with van der Waals surface area (Å²) in [5, 5.41) is 8.88. The Bertz CT molecular complexity index is 291. The van der Waals surface area contributed by atoms with Crippen molar-refractivity contribution < 1.29 is 19.4 Å². The minimum atomic E-state index is -0.877. The highest BCUT2D eigenvalue weighted by molar-refractivity contribution is 5.71. The highest BCUT2D eigenvalue weighted by atomic mass is 16.5. The fraction of sp³-hybridized carbons (Fsp3) is 0.800. The predicted molar refractivity (Wildman–Crippen MR) is 51.4 cm³/mol. The van der Waals surface area contributed by atoms with Crippen molar-refractivity contribution in [3.8, 4) is 0 Å². The van der Waals surface area contributed by atoms with E-state index in [-0.39, 0.29) is 18.0 Å². The standard InChI is InChI=1S/C10H15NO4/c1-6-8-5-11(10(13)14)3-2-7(8)4-9(12)15-6/h6-8H,2-5H2,1H3,(H,13,14). The van der Waals surface area contributed by atoms with Gasteiger partial charge in [-0.05, 0) is 19.3 Å². The zero-order chi connectivity index (χ0) is 11.0. The van der Waals surface area contributed by atoms with Gasteiger partial charge in [-0.2, -0.15) is 0 Å². The monoisotopic (exact) mass is 213 g/mol. The molecule has 3 atom stereocenters. The van der Waals surface area contributed by atoms with E-state index >= 15 is 0 Å². The lowest BCUT2D eigenvalue weighted by Gasteiger charge is -2.42. The van der Waals surface area contributed by atoms with Crippen LogP contribution in [-0.2, 0) is 9.53 Å². The number of carbonyl (C=O) groups excluding carboxylic acids is 1. The number of ether oxygens (including phenoxy) is 1. The maximum atomic E-state index is 11.2. The molecule has 0 aromatic rings. The number of fused-ring (bicyclic) bond motifs is 1. The smallest absolute Gasteiger partial charge is 0.407 e. The van der Waals surface area contributed by atoms with E-state index in [1.807, 2.05) is 6.92 Å². The second-order valence-corrected chi connectivity index (χ2v) is 4.34. The Kier molecular flexibility index (Phi) is 2.54. The van der Waals surface area contributed by atoms with E-state index in [0.717, 1.165) is 6.42 Å². The fourth-order valence-electron chi connectivity index (χ4n) is 2.55. The van der Waals surface area contributed by atoms with E-state index in [4.69, 9.17) is 9.84 Å². The summed E-state index contributed by atoms with van der Waals surface area (Å²) >= 11 is 0. The van der Waals surface area contributed by atoms with E-state index in [9.17, 15) is 9.59 Å². The lowest BCUT2D eigenvalue weighted by atomic mass is 9.78. The van der Waals surface area contributed by atoms with Crippen LogP contribution in [0.5, 0.6) is 0 Å². The maximum Gasteiger partial charge on any atom is 0.407 e. The van der Waals surface area contributed by atoms with Crippen molar-refractivity contribution in [3.63, 3.8) is 0 Å². The Morgan fingerprint density at radius 1 is 1.60 bits per heavy atom. The van der Waals surface area contributed by atoms with Crippen molar-refractivity contribution in [1.82, 2.24) is 4.90 Å². The van der Waals surface area contributed by atoms with Crippen LogP contribution in [0.4, 0.5) is 4.79 Å². The molecule has 2 aliphatic heterocycles. The Morgan fingerprint density at radius 2 is 2.33 bits per heavy atom. The SMILES string of the molecule is CC1OC(=O)CC2CCN(C(=O)O)CC21. The highest BCUT2D eigenvalue weighted by Gasteiger charge is 2.40. The molecule has 84 valence electrons. The third kappa shape index (κ3) is 1.91. The quantitative estimate of drug-likeness (QED) is 0.608. The van der Waals surface area contributed by atoms with Crippen molar-refractivity contribution in [2.24, 2.45) is 11.8 Å². The number of nitrogens with zero attached hydrogens (tertiary/aromatic N) is 1. The number of amides is 1. The Labute approximate surface area is 88.0 Å². The Hall–Kier alpha value is -1.26. The van der Waals surface area contributed by atoms with Crippen LogP contribution in [0.1, 0.15) is 19.8 Å². The molecule has 2 fully saturated rings. The van der Waals surface area contributed by atoms with Gasteiger partial charge in [-0.1, -0.05) is 0 Å². The van der Waals surface area contributed by atoms with Crippen molar-refractivity contribution in [2.75, 3.05) is 13.1 Å². The topological polar surface area (TPSA) is 66.8 Å². The molecular weight excluding hydrogens is 198 g/mol. The molecule has 0 spiro atoms. The van der Waals surface area contributed by atoms with Gasteiger partial charge in [-0.15, -0.1) is 0 Å². The summed E-state index contributed by atoms with van der Waals surface area (Å²) in [5.41, 5.74) is 0. The van der Waals surface area contributed by atoms with Crippen LogP contribution < -0.4 is 0 Å². The number of piperidine rings is 1. The Balaban J connectivity index is 2.06. The van der Waals surface area contributed by atoms with E-state index < -0.39 is 6.09 Å². The van der Waals surface area contributed by atoms with Gasteiger partial charge in [0.15, 0.2) is 0 Å². The molecule has 0 bridgehead atoms. The van der Waals surface area contributed by atoms with E-state index in [1.54, 1.807) is 0 Å². The molecule has 5 nitrogen and oxygen atoms in total. The third-order valence-electron chi connectivity index (χ3n) is 3.43. The van der Waals surface area contributed by atoms with Crippen LogP contribution in [0.3, 0.4) is 0 Å². The lowest BCUT2D eigenvalue weighted by Crippen LogP contribution is -2.50. The highest BCUT2D eigenvalue weighted by Crippen LogP contribution is 2.34. The van der Waals surface area contributed by atoms with Crippen molar-refractivity contribution in [3.05, 3.63) is 0 Å². The van der Waals surface area contributed by atoms with Crippen LogP contribution in [0.25, 0.3) is 0 Å². The van der Waals surface area contributed by atoms with Gasteiger partial charge in [0.05, 0.1) is 0 Å². The van der Waals surface area contributed by atoms with Gasteiger partial charge in [-0.3, -0.25) is 4.79 Å². The van der Waals surface area contributed by atoms with Gasteiger partial charge in [-0.25, -0.2) is 4.79 Å². The zero-order valence-corrected chi connectivity index (χ0v) is 8.68. The summed E-state index contributed by atoms with van der Waals surface area (Å²) < 4.78 is 5.13. The number of hydrogen-bond donors (Lipinski definition) is 1. The van der Waals surface area contributed by atoms with E-state index in [1.165, 1.54) is 4.90 Å². The fourth-order valence-corrected chi connectivity index (χ4v) is 2.55. The molecule has 15 heavy (non-hydrogen) atoms. The molecule has 0 aromatic carbocycles. The summed E-state index contributed by atoms with van der Waals surface area (Å²) in [7, 11) is 0. The van der Waals surface area contributed by atoms with Gasteiger partial charge in [0.25, 0.3) is 0 Å². The molecule has 5 heteroatoms. The first kappa shape index (κ1) is 10.3. The van der Waals surface area contributed by atoms with Gasteiger partial charge < -0.3 is 14.7 Å². The maximum absolute atomic E-state index is 11.2. The number of esters is 1. The molecule has 0 radical (unpaired) electrons. The second kappa shape index (κ2) is 3.72. The molecule has 2 aliphatic rings. The van der Waals surface area contributed by atoms with Crippen LogP contribution in [0, 0.1) is 11.8 Å². The molecule has 2 rings (SSSR count). The van der Waals surface area contributed by atoms with E-state index in [0.29, 0.717) is 25.4 Å². The van der Waals surface area contributed by atoms with Gasteiger partial charge >= 0.3 is 12.1 Å². The first-order valence-corrected chi connectivity index (χ1v) is 5.25. The van der Waals surface area contributed by atoms with Crippen molar-refractivity contribution in [2.45, 2.75) is 25.9 Å². The molecular formula is C10H15NO4. The number of carboxylic acid groups (broad SMARTS) is 1. The summed E-state index contributed by atoms with van der Waals surface area (Å²) in [4.78, 5) is 23.4. The molecule has 0 aliphatic carbocycles.